The van der Waals surface area contributed by atoms with Crippen LogP contribution in [0.4, 0.5) is 5.82 Å². The molecular weight excluding hydrogens is 428 g/mol. The third kappa shape index (κ3) is 4.14. The molecule has 0 bridgehead atoms. The van der Waals surface area contributed by atoms with Crippen molar-refractivity contribution < 1.29 is 9.47 Å². The van der Waals surface area contributed by atoms with Gasteiger partial charge in [-0.05, 0) is 62.6 Å². The van der Waals surface area contributed by atoms with Gasteiger partial charge >= 0.3 is 0 Å². The minimum absolute atomic E-state index is 0.288. The van der Waals surface area contributed by atoms with Crippen LogP contribution >= 0.6 is 0 Å². The molecule has 0 amide bonds. The third-order valence-electron chi connectivity index (χ3n) is 7.79. The number of H-pyrrole nitrogens is 1. The minimum Gasteiger partial charge on any atom is -0.491 e. The number of aromatic nitrogens is 4. The summed E-state index contributed by atoms with van der Waals surface area (Å²) in [6.45, 7) is 6.74. The molecule has 2 aromatic heterocycles. The molecule has 34 heavy (non-hydrogen) atoms. The molecule has 2 fully saturated rings. The van der Waals surface area contributed by atoms with Crippen molar-refractivity contribution in [3.63, 3.8) is 0 Å². The Morgan fingerprint density at radius 2 is 2.09 bits per heavy atom. The number of fused-ring (bicyclic) bond motifs is 2. The molecule has 1 N–H and O–H groups in total. The van der Waals surface area contributed by atoms with Crippen molar-refractivity contribution in [2.75, 3.05) is 37.7 Å². The van der Waals surface area contributed by atoms with Crippen molar-refractivity contribution in [2.24, 2.45) is 0 Å². The van der Waals surface area contributed by atoms with Gasteiger partial charge in [-0.15, -0.1) is 0 Å². The Hall–Kier alpha value is -2.71. The van der Waals surface area contributed by atoms with E-state index in [1.54, 1.807) is 12.7 Å². The molecule has 6 rings (SSSR count). The Balaban J connectivity index is 1.15. The monoisotopic (exact) mass is 462 g/mol. The topological polar surface area (TPSA) is 79.4 Å². The molecule has 0 radical (unpaired) electrons. The van der Waals surface area contributed by atoms with E-state index in [1.807, 2.05) is 0 Å². The van der Waals surface area contributed by atoms with Crippen LogP contribution in [-0.2, 0) is 17.6 Å². The quantitative estimate of drug-likeness (QED) is 0.577. The lowest BCUT2D eigenvalue weighted by Crippen LogP contribution is -2.39. The van der Waals surface area contributed by atoms with Crippen molar-refractivity contribution >= 4 is 17.0 Å². The SMILES string of the molecule is CCOC1CCN(C2CCc3cccc(OC[C@H]4CCCN4c4ncnc5[nH]cnc45)c3C2)C1. The smallest absolute Gasteiger partial charge is 0.162 e. The number of nitrogens with zero attached hydrogens (tertiary/aromatic N) is 5. The summed E-state index contributed by atoms with van der Waals surface area (Å²) >= 11 is 0. The molecule has 4 heterocycles. The number of hydrogen-bond acceptors (Lipinski definition) is 7. The molecule has 1 aliphatic carbocycles. The molecule has 2 unspecified atom stereocenters. The van der Waals surface area contributed by atoms with E-state index in [4.69, 9.17) is 9.47 Å². The molecule has 3 aliphatic rings. The maximum absolute atomic E-state index is 6.55. The average Bonchev–Trinajstić information content (AvgIpc) is 3.63. The van der Waals surface area contributed by atoms with Crippen molar-refractivity contribution in [3.05, 3.63) is 42.0 Å². The van der Waals surface area contributed by atoms with Crippen LogP contribution < -0.4 is 9.64 Å². The number of aromatic amines is 1. The molecule has 1 aromatic carbocycles. The zero-order chi connectivity index (χ0) is 22.9. The van der Waals surface area contributed by atoms with Crippen LogP contribution in [0.2, 0.25) is 0 Å². The average molecular weight is 463 g/mol. The van der Waals surface area contributed by atoms with Gasteiger partial charge in [0.25, 0.3) is 0 Å². The highest BCUT2D eigenvalue weighted by atomic mass is 16.5. The minimum atomic E-state index is 0.288. The predicted molar refractivity (Wildman–Crippen MR) is 131 cm³/mol. The van der Waals surface area contributed by atoms with E-state index in [0.717, 1.165) is 81.1 Å². The standard InChI is InChI=1S/C26H34N6O2/c1-2-33-21-10-12-31(14-21)19-9-8-18-5-3-7-23(22(18)13-19)34-15-20-6-4-11-32(20)26-24-25(28-16-27-24)29-17-30-26/h3,5,7,16-17,19-21H,2,4,6,8-15H2,1H3,(H,27,28,29,30)/t19?,20-,21?/m1/s1. The molecule has 8 nitrogen and oxygen atoms in total. The maximum Gasteiger partial charge on any atom is 0.162 e. The van der Waals surface area contributed by atoms with Gasteiger partial charge in [0.15, 0.2) is 11.5 Å². The zero-order valence-electron chi connectivity index (χ0n) is 19.9. The fraction of sp³-hybridized carbons (Fsp3) is 0.577. The molecule has 3 atom stereocenters. The number of nitrogens with one attached hydrogen (secondary N) is 1. The van der Waals surface area contributed by atoms with E-state index in [-0.39, 0.29) is 6.04 Å². The Labute approximate surface area is 200 Å². The van der Waals surface area contributed by atoms with Gasteiger partial charge in [0.05, 0.1) is 18.5 Å². The lowest BCUT2D eigenvalue weighted by Gasteiger charge is -2.33. The Bertz CT molecular complexity index is 1130. The maximum atomic E-state index is 6.55. The van der Waals surface area contributed by atoms with E-state index < -0.39 is 0 Å². The molecule has 2 aliphatic heterocycles. The van der Waals surface area contributed by atoms with E-state index in [2.05, 4.69) is 54.9 Å². The van der Waals surface area contributed by atoms with Crippen molar-refractivity contribution in [1.82, 2.24) is 24.8 Å². The highest BCUT2D eigenvalue weighted by molar-refractivity contribution is 5.83. The fourth-order valence-electron chi connectivity index (χ4n) is 6.08. The van der Waals surface area contributed by atoms with Crippen LogP contribution in [0.3, 0.4) is 0 Å². The van der Waals surface area contributed by atoms with E-state index in [9.17, 15) is 0 Å². The molecule has 3 aromatic rings. The van der Waals surface area contributed by atoms with Gasteiger partial charge in [0.1, 0.15) is 24.2 Å². The molecule has 8 heteroatoms. The highest BCUT2D eigenvalue weighted by Crippen LogP contribution is 2.34. The third-order valence-corrected chi connectivity index (χ3v) is 7.79. The first-order valence-corrected chi connectivity index (χ1v) is 12.8. The number of hydrogen-bond donors (Lipinski definition) is 1. The fourth-order valence-corrected chi connectivity index (χ4v) is 6.08. The predicted octanol–water partition coefficient (Wildman–Crippen LogP) is 3.37. The Kier molecular flexibility index (Phi) is 6.09. The zero-order valence-corrected chi connectivity index (χ0v) is 19.9. The normalized spacial score (nSPS) is 25.2. The van der Waals surface area contributed by atoms with Crippen molar-refractivity contribution in [3.8, 4) is 5.75 Å². The highest BCUT2D eigenvalue weighted by Gasteiger charge is 2.33. The van der Waals surface area contributed by atoms with Gasteiger partial charge < -0.3 is 19.4 Å². The number of imidazole rings is 1. The molecule has 0 saturated carbocycles. The second-order valence-electron chi connectivity index (χ2n) is 9.75. The number of likely N-dealkylation sites (tertiary alicyclic amines) is 1. The van der Waals surface area contributed by atoms with Crippen LogP contribution in [0.25, 0.3) is 11.2 Å². The molecule has 180 valence electrons. The second kappa shape index (κ2) is 9.50. The van der Waals surface area contributed by atoms with Gasteiger partial charge in [0.2, 0.25) is 0 Å². The largest absolute Gasteiger partial charge is 0.491 e. The summed E-state index contributed by atoms with van der Waals surface area (Å²) in [5.74, 6) is 1.97. The number of anilines is 1. The van der Waals surface area contributed by atoms with E-state index >= 15 is 0 Å². The Morgan fingerprint density at radius 3 is 3.03 bits per heavy atom. The Morgan fingerprint density at radius 1 is 1.12 bits per heavy atom. The lowest BCUT2D eigenvalue weighted by molar-refractivity contribution is 0.0633. The van der Waals surface area contributed by atoms with Crippen molar-refractivity contribution in [2.45, 2.75) is 63.6 Å². The molecule has 2 saturated heterocycles. The number of ether oxygens (including phenoxy) is 2. The summed E-state index contributed by atoms with van der Waals surface area (Å²) in [6, 6.07) is 7.46. The first-order chi connectivity index (χ1) is 16.8. The van der Waals surface area contributed by atoms with Gasteiger partial charge in [0, 0.05) is 32.3 Å². The lowest BCUT2D eigenvalue weighted by atomic mass is 9.87. The molecule has 0 spiro atoms. The summed E-state index contributed by atoms with van der Waals surface area (Å²) in [4.78, 5) is 21.4. The van der Waals surface area contributed by atoms with E-state index in [1.165, 1.54) is 17.5 Å². The summed E-state index contributed by atoms with van der Waals surface area (Å²) in [5, 5.41) is 0. The molecular formula is C26H34N6O2. The van der Waals surface area contributed by atoms with Crippen LogP contribution in [0.1, 0.15) is 43.7 Å². The summed E-state index contributed by atoms with van der Waals surface area (Å²) in [7, 11) is 0. The van der Waals surface area contributed by atoms with Gasteiger partial charge in [-0.25, -0.2) is 15.0 Å². The summed E-state index contributed by atoms with van der Waals surface area (Å²) < 4.78 is 12.4. The summed E-state index contributed by atoms with van der Waals surface area (Å²) in [6.07, 6.45) is 10.5. The van der Waals surface area contributed by atoms with Crippen LogP contribution in [0, 0.1) is 0 Å². The first-order valence-electron chi connectivity index (χ1n) is 12.8. The van der Waals surface area contributed by atoms with Gasteiger partial charge in [-0.2, -0.15) is 0 Å². The summed E-state index contributed by atoms with van der Waals surface area (Å²) in [5.41, 5.74) is 4.48. The number of rotatable bonds is 7. The second-order valence-corrected chi connectivity index (χ2v) is 9.75. The van der Waals surface area contributed by atoms with Crippen LogP contribution in [0.15, 0.2) is 30.9 Å². The van der Waals surface area contributed by atoms with E-state index in [0.29, 0.717) is 18.8 Å². The van der Waals surface area contributed by atoms with Gasteiger partial charge in [-0.1, -0.05) is 12.1 Å². The number of aryl methyl sites for hydroxylation is 1. The van der Waals surface area contributed by atoms with Gasteiger partial charge in [-0.3, -0.25) is 4.90 Å². The first kappa shape index (κ1) is 21.8. The van der Waals surface area contributed by atoms with Crippen molar-refractivity contribution in [1.29, 1.82) is 0 Å². The van der Waals surface area contributed by atoms with Crippen LogP contribution in [-0.4, -0.2) is 75.9 Å². The van der Waals surface area contributed by atoms with Crippen LogP contribution in [0.5, 0.6) is 5.75 Å². The number of benzene rings is 1.